The second kappa shape index (κ2) is 3.44. The molecule has 0 saturated carbocycles. The summed E-state index contributed by atoms with van der Waals surface area (Å²) >= 11 is 0. The Morgan fingerprint density at radius 2 is 2.17 bits per heavy atom. The van der Waals surface area contributed by atoms with E-state index in [4.69, 9.17) is 9.47 Å². The van der Waals surface area contributed by atoms with Crippen LogP contribution in [0, 0.1) is 0 Å². The number of ether oxygens (including phenoxy) is 2. The van der Waals surface area contributed by atoms with Crippen molar-refractivity contribution < 1.29 is 14.3 Å². The fraction of sp³-hybridized carbons (Fsp3) is 0.889. The lowest BCUT2D eigenvalue weighted by atomic mass is 10.1. The molecule has 0 aliphatic carbocycles. The Labute approximate surface area is 73.0 Å². The first-order chi connectivity index (χ1) is 5.56. The summed E-state index contributed by atoms with van der Waals surface area (Å²) in [4.78, 5) is 10.9. The molecule has 0 spiro atoms. The summed E-state index contributed by atoms with van der Waals surface area (Å²) in [6, 6.07) is 0. The predicted molar refractivity (Wildman–Crippen MR) is 44.8 cm³/mol. The standard InChI is InChI=1S/C9H16O3/c1-4-5-8(10)11-6-7-9(2,3)12-7/h7H,4-6H2,1-3H3. The molecule has 1 rings (SSSR count). The van der Waals surface area contributed by atoms with Gasteiger partial charge in [-0.05, 0) is 20.3 Å². The molecular weight excluding hydrogens is 156 g/mol. The normalized spacial score (nSPS) is 25.1. The first-order valence-electron chi connectivity index (χ1n) is 4.39. The maximum Gasteiger partial charge on any atom is 0.305 e. The molecule has 0 aromatic heterocycles. The van der Waals surface area contributed by atoms with Crippen LogP contribution in [0.1, 0.15) is 33.6 Å². The molecule has 3 nitrogen and oxygen atoms in total. The summed E-state index contributed by atoms with van der Waals surface area (Å²) in [7, 11) is 0. The van der Waals surface area contributed by atoms with Crippen LogP contribution in [0.5, 0.6) is 0 Å². The van der Waals surface area contributed by atoms with Crippen molar-refractivity contribution in [1.29, 1.82) is 0 Å². The van der Waals surface area contributed by atoms with Gasteiger partial charge in [-0.25, -0.2) is 0 Å². The summed E-state index contributed by atoms with van der Waals surface area (Å²) in [6.45, 7) is 6.35. The van der Waals surface area contributed by atoms with Gasteiger partial charge in [0.2, 0.25) is 0 Å². The molecule has 0 amide bonds. The molecule has 0 aromatic rings. The maximum atomic E-state index is 10.9. The summed E-state index contributed by atoms with van der Waals surface area (Å²) in [6.07, 6.45) is 1.46. The molecule has 0 radical (unpaired) electrons. The van der Waals surface area contributed by atoms with Crippen LogP contribution in [0.3, 0.4) is 0 Å². The van der Waals surface area contributed by atoms with E-state index in [1.54, 1.807) is 0 Å². The average molecular weight is 172 g/mol. The van der Waals surface area contributed by atoms with Gasteiger partial charge in [0, 0.05) is 6.42 Å². The Hall–Kier alpha value is -0.570. The highest BCUT2D eigenvalue weighted by atomic mass is 16.6. The fourth-order valence-corrected chi connectivity index (χ4v) is 1.01. The minimum atomic E-state index is -0.121. The molecule has 1 aliphatic rings. The maximum absolute atomic E-state index is 10.9. The highest BCUT2D eigenvalue weighted by Crippen LogP contribution is 2.35. The summed E-state index contributed by atoms with van der Waals surface area (Å²) in [5.41, 5.74) is -0.0769. The first kappa shape index (κ1) is 9.52. The van der Waals surface area contributed by atoms with E-state index in [2.05, 4.69) is 0 Å². The Balaban J connectivity index is 2.07. The Kier molecular flexibility index (Phi) is 2.73. The van der Waals surface area contributed by atoms with Crippen LogP contribution in [-0.2, 0) is 14.3 Å². The third kappa shape index (κ3) is 2.48. The fourth-order valence-electron chi connectivity index (χ4n) is 1.01. The molecule has 0 N–H and O–H groups in total. The smallest absolute Gasteiger partial charge is 0.305 e. The minimum Gasteiger partial charge on any atom is -0.463 e. The van der Waals surface area contributed by atoms with E-state index in [1.807, 2.05) is 20.8 Å². The van der Waals surface area contributed by atoms with Crippen molar-refractivity contribution in [2.75, 3.05) is 6.61 Å². The van der Waals surface area contributed by atoms with Gasteiger partial charge in [-0.15, -0.1) is 0 Å². The van der Waals surface area contributed by atoms with Crippen molar-refractivity contribution >= 4 is 5.97 Å². The van der Waals surface area contributed by atoms with Gasteiger partial charge in [0.15, 0.2) is 0 Å². The third-order valence-corrected chi connectivity index (χ3v) is 2.01. The van der Waals surface area contributed by atoms with E-state index in [0.29, 0.717) is 13.0 Å². The number of esters is 1. The van der Waals surface area contributed by atoms with Crippen molar-refractivity contribution in [3.8, 4) is 0 Å². The number of rotatable bonds is 4. The number of epoxide rings is 1. The van der Waals surface area contributed by atoms with Crippen molar-refractivity contribution in [3.63, 3.8) is 0 Å². The largest absolute Gasteiger partial charge is 0.463 e. The molecular formula is C9H16O3. The monoisotopic (exact) mass is 172 g/mol. The highest BCUT2D eigenvalue weighted by molar-refractivity contribution is 5.69. The van der Waals surface area contributed by atoms with Crippen molar-refractivity contribution in [2.24, 2.45) is 0 Å². The van der Waals surface area contributed by atoms with Gasteiger partial charge < -0.3 is 9.47 Å². The van der Waals surface area contributed by atoms with Crippen molar-refractivity contribution in [3.05, 3.63) is 0 Å². The Bertz CT molecular complexity index is 175. The van der Waals surface area contributed by atoms with Crippen LogP contribution in [0.4, 0.5) is 0 Å². The van der Waals surface area contributed by atoms with Crippen LogP contribution in [0.2, 0.25) is 0 Å². The van der Waals surface area contributed by atoms with Crippen LogP contribution in [-0.4, -0.2) is 24.3 Å². The van der Waals surface area contributed by atoms with Gasteiger partial charge >= 0.3 is 5.97 Å². The van der Waals surface area contributed by atoms with E-state index in [9.17, 15) is 4.79 Å². The molecule has 1 aliphatic heterocycles. The topological polar surface area (TPSA) is 38.8 Å². The molecule has 0 bridgehead atoms. The minimum absolute atomic E-state index is 0.0769. The van der Waals surface area contributed by atoms with Crippen LogP contribution in [0.15, 0.2) is 0 Å². The van der Waals surface area contributed by atoms with Gasteiger partial charge in [0.1, 0.15) is 12.7 Å². The summed E-state index contributed by atoms with van der Waals surface area (Å²) in [5, 5.41) is 0. The van der Waals surface area contributed by atoms with Gasteiger partial charge in [-0.3, -0.25) is 4.79 Å². The van der Waals surface area contributed by atoms with Crippen LogP contribution < -0.4 is 0 Å². The number of carbonyl (C=O) groups excluding carboxylic acids is 1. The molecule has 3 heteroatoms. The zero-order valence-corrected chi connectivity index (χ0v) is 7.92. The number of hydrogen-bond acceptors (Lipinski definition) is 3. The zero-order valence-electron chi connectivity index (χ0n) is 7.92. The van der Waals surface area contributed by atoms with E-state index in [-0.39, 0.29) is 17.7 Å². The van der Waals surface area contributed by atoms with E-state index in [0.717, 1.165) is 6.42 Å². The van der Waals surface area contributed by atoms with Crippen molar-refractivity contribution in [2.45, 2.75) is 45.3 Å². The predicted octanol–water partition coefficient (Wildman–Crippen LogP) is 1.51. The van der Waals surface area contributed by atoms with Gasteiger partial charge in [0.25, 0.3) is 0 Å². The molecule has 1 fully saturated rings. The second-order valence-corrected chi connectivity index (χ2v) is 3.64. The molecule has 1 saturated heterocycles. The lowest BCUT2D eigenvalue weighted by molar-refractivity contribution is -0.144. The van der Waals surface area contributed by atoms with Crippen LogP contribution in [0.25, 0.3) is 0 Å². The zero-order chi connectivity index (χ0) is 9.19. The van der Waals surface area contributed by atoms with Gasteiger partial charge in [-0.1, -0.05) is 6.92 Å². The van der Waals surface area contributed by atoms with Crippen LogP contribution >= 0.6 is 0 Å². The molecule has 1 heterocycles. The molecule has 12 heavy (non-hydrogen) atoms. The molecule has 70 valence electrons. The van der Waals surface area contributed by atoms with E-state index < -0.39 is 0 Å². The highest BCUT2D eigenvalue weighted by Gasteiger charge is 2.48. The Morgan fingerprint density at radius 3 is 2.58 bits per heavy atom. The second-order valence-electron chi connectivity index (χ2n) is 3.64. The van der Waals surface area contributed by atoms with E-state index in [1.165, 1.54) is 0 Å². The lowest BCUT2D eigenvalue weighted by Gasteiger charge is -2.01. The lowest BCUT2D eigenvalue weighted by Crippen LogP contribution is -2.13. The molecule has 0 aromatic carbocycles. The molecule has 1 unspecified atom stereocenters. The van der Waals surface area contributed by atoms with E-state index >= 15 is 0 Å². The first-order valence-corrected chi connectivity index (χ1v) is 4.39. The quantitative estimate of drug-likeness (QED) is 0.476. The summed E-state index contributed by atoms with van der Waals surface area (Å²) < 4.78 is 10.2. The third-order valence-electron chi connectivity index (χ3n) is 2.01. The van der Waals surface area contributed by atoms with Crippen molar-refractivity contribution in [1.82, 2.24) is 0 Å². The number of hydrogen-bond donors (Lipinski definition) is 0. The SMILES string of the molecule is CCCC(=O)OCC1OC1(C)C. The molecule has 1 atom stereocenters. The number of carbonyl (C=O) groups is 1. The van der Waals surface area contributed by atoms with Gasteiger partial charge in [-0.2, -0.15) is 0 Å². The average Bonchev–Trinajstić information content (AvgIpc) is 2.56. The Morgan fingerprint density at radius 1 is 1.58 bits per heavy atom. The summed E-state index contributed by atoms with van der Waals surface area (Å²) in [5.74, 6) is -0.121. The van der Waals surface area contributed by atoms with Gasteiger partial charge in [0.05, 0.1) is 5.60 Å².